The first-order valence-corrected chi connectivity index (χ1v) is 35.7. The van der Waals surface area contributed by atoms with Crippen LogP contribution in [0.25, 0.3) is 0 Å². The summed E-state index contributed by atoms with van der Waals surface area (Å²) in [5.41, 5.74) is 3.99. The summed E-state index contributed by atoms with van der Waals surface area (Å²) in [5.74, 6) is 0.625. The zero-order valence-electron chi connectivity index (χ0n) is 53.7. The monoisotopic (exact) mass is 1170 g/mol. The Morgan fingerprint density at radius 1 is 0.354 bits per heavy atom. The van der Waals surface area contributed by atoms with Crippen molar-refractivity contribution in [3.05, 3.63) is 57.6 Å². The molecule has 8 nitrogen and oxygen atoms in total. The average molecular weight is 1180 g/mol. The minimum absolute atomic E-state index is 0. The third-order valence-corrected chi connectivity index (χ3v) is 18.6. The zero-order valence-corrected chi connectivity index (χ0v) is 55.5. The van der Waals surface area contributed by atoms with E-state index in [1.54, 1.807) is 6.92 Å². The molecule has 79 heavy (non-hydrogen) atoms. The number of benzene rings is 2. The number of hydrogen-bond donors (Lipinski definition) is 3. The third-order valence-electron chi connectivity index (χ3n) is 15.2. The van der Waals surface area contributed by atoms with E-state index in [-0.39, 0.29) is 84.1 Å². The third kappa shape index (κ3) is 36.9. The van der Waals surface area contributed by atoms with Crippen molar-refractivity contribution in [3.8, 4) is 11.5 Å². The van der Waals surface area contributed by atoms with E-state index in [9.17, 15) is 24.2 Å². The van der Waals surface area contributed by atoms with E-state index in [1.165, 1.54) is 180 Å². The average Bonchev–Trinajstić information content (AvgIpc) is 3.33. The summed E-state index contributed by atoms with van der Waals surface area (Å²) in [7, 11) is -7.02. The SMILES string of the molecule is CCCCCCCCCCCCCCCCCCOP(=O)(Cc1cc(C(C)(C)C)c(O)c(C(C)(C)C)c1)OCCCCCCCCCCCCCCCCCC.CCOP(=O)(O)Cc1cc(C(C)(C)C)c(O)c(C(C)(C)C)c1.[CaH2]. The number of rotatable bonds is 42. The van der Waals surface area contributed by atoms with Crippen LogP contribution in [0.15, 0.2) is 24.3 Å². The predicted octanol–water partition coefficient (Wildman–Crippen LogP) is 22.0. The second kappa shape index (κ2) is 42.4. The van der Waals surface area contributed by atoms with Gasteiger partial charge in [0.05, 0.1) is 32.1 Å². The van der Waals surface area contributed by atoms with E-state index in [0.717, 1.165) is 53.5 Å². The number of phenolic OH excluding ortho intramolecular Hbond substituents is 2. The van der Waals surface area contributed by atoms with Crippen molar-refractivity contribution in [1.82, 2.24) is 0 Å². The number of phenols is 2. The van der Waals surface area contributed by atoms with Gasteiger partial charge in [0.15, 0.2) is 0 Å². The van der Waals surface area contributed by atoms with Crippen LogP contribution >= 0.6 is 15.2 Å². The van der Waals surface area contributed by atoms with Gasteiger partial charge in [-0.05, 0) is 74.8 Å². The fourth-order valence-electron chi connectivity index (χ4n) is 10.4. The van der Waals surface area contributed by atoms with Gasteiger partial charge in [-0.25, -0.2) is 0 Å². The van der Waals surface area contributed by atoms with Crippen LogP contribution in [0.1, 0.15) is 343 Å². The zero-order chi connectivity index (χ0) is 58.7. The maximum atomic E-state index is 14.4. The number of aromatic hydroxyl groups is 2. The molecule has 0 radical (unpaired) electrons. The summed E-state index contributed by atoms with van der Waals surface area (Å²) < 4.78 is 43.9. The van der Waals surface area contributed by atoms with Gasteiger partial charge in [-0.3, -0.25) is 9.13 Å². The molecule has 3 N–H and O–H groups in total. The van der Waals surface area contributed by atoms with Crippen molar-refractivity contribution in [3.63, 3.8) is 0 Å². The molecule has 1 unspecified atom stereocenters. The Hall–Kier alpha value is -0.400. The van der Waals surface area contributed by atoms with Gasteiger partial charge in [0.25, 0.3) is 0 Å². The van der Waals surface area contributed by atoms with Gasteiger partial charge >= 0.3 is 52.9 Å². The Labute approximate surface area is 519 Å². The second-order valence-electron chi connectivity index (χ2n) is 27.3. The number of unbranched alkanes of at least 4 members (excludes halogenated alkanes) is 30. The van der Waals surface area contributed by atoms with Crippen molar-refractivity contribution in [1.29, 1.82) is 0 Å². The van der Waals surface area contributed by atoms with Crippen LogP contribution in [0.3, 0.4) is 0 Å². The topological polar surface area (TPSA) is 123 Å². The van der Waals surface area contributed by atoms with Crippen LogP contribution in [0.2, 0.25) is 0 Å². The molecule has 0 spiro atoms. The van der Waals surface area contributed by atoms with Gasteiger partial charge in [-0.2, -0.15) is 0 Å². The minimum atomic E-state index is -3.66. The Bertz CT molecular complexity index is 1840. The molecule has 0 fully saturated rings. The molecule has 0 aliphatic rings. The van der Waals surface area contributed by atoms with Crippen LogP contribution in [-0.4, -0.2) is 72.7 Å². The first kappa shape index (κ1) is 78.6. The Balaban J connectivity index is 0.00000220. The molecule has 11 heteroatoms. The summed E-state index contributed by atoms with van der Waals surface area (Å²) in [4.78, 5) is 9.90. The van der Waals surface area contributed by atoms with Crippen LogP contribution in [-0.2, 0) is 56.7 Å². The van der Waals surface area contributed by atoms with Crippen LogP contribution in [0, 0.1) is 0 Å². The molecule has 0 heterocycles. The molecule has 0 aliphatic carbocycles. The van der Waals surface area contributed by atoms with Crippen molar-refractivity contribution in [2.45, 2.75) is 343 Å². The fraction of sp³-hybridized carbons (Fsp3) is 0.824. The molecule has 1 atom stereocenters. The summed E-state index contributed by atoms with van der Waals surface area (Å²) in [5, 5.41) is 21.9. The normalized spacial score (nSPS) is 13.3. The van der Waals surface area contributed by atoms with Gasteiger partial charge < -0.3 is 28.7 Å². The van der Waals surface area contributed by atoms with Crippen molar-refractivity contribution in [2.75, 3.05) is 19.8 Å². The van der Waals surface area contributed by atoms with Crippen LogP contribution < -0.4 is 0 Å². The molecule has 0 saturated heterocycles. The first-order valence-electron chi connectivity index (χ1n) is 32.2. The number of hydrogen-bond acceptors (Lipinski definition) is 7. The first-order chi connectivity index (χ1) is 36.6. The molecule has 0 saturated carbocycles. The summed E-state index contributed by atoms with van der Waals surface area (Å²) in [6, 6.07) is 7.69. The summed E-state index contributed by atoms with van der Waals surface area (Å²) >= 11 is 0. The van der Waals surface area contributed by atoms with E-state index in [4.69, 9.17) is 13.6 Å². The van der Waals surface area contributed by atoms with Gasteiger partial charge in [0.1, 0.15) is 11.5 Å². The van der Waals surface area contributed by atoms with Crippen molar-refractivity contribution < 1.29 is 37.8 Å². The van der Waals surface area contributed by atoms with Gasteiger partial charge in [-0.1, -0.05) is 314 Å². The molecular formula is C68H128CaO8P2. The second-order valence-corrected chi connectivity index (χ2v) is 31.2. The van der Waals surface area contributed by atoms with E-state index in [2.05, 4.69) is 55.4 Å². The summed E-state index contributed by atoms with van der Waals surface area (Å²) in [6.07, 6.45) is 42.7. The molecule has 0 bridgehead atoms. The van der Waals surface area contributed by atoms with E-state index >= 15 is 0 Å². The van der Waals surface area contributed by atoms with E-state index in [0.29, 0.717) is 24.5 Å². The maximum absolute atomic E-state index is 14.4. The van der Waals surface area contributed by atoms with Crippen LogP contribution in [0.5, 0.6) is 11.5 Å². The standard InChI is InChI=1S/C51H97O4P.C17H29O4P.Ca.2H/c1-9-11-13-15-17-19-21-23-25-27-29-31-33-35-37-39-41-54-56(53,45-46-43-47(50(3,4)5)49(52)48(44-46)51(6,7)8)55-42-40-38-36-34-32-30-28-26-24-22-20-18-16-14-12-10-2;1-8-21-22(19,20)11-12-9-13(16(2,3)4)15(18)14(10-12)17(5,6)7;;;/h43-44,52H,9-42,45H2,1-8H3;9-10,18H,8,11H2,1-7H3,(H,19,20);;;. The Morgan fingerprint density at radius 2 is 0.570 bits per heavy atom. The van der Waals surface area contributed by atoms with E-state index in [1.807, 2.05) is 65.8 Å². The molecule has 0 amide bonds. The quantitative estimate of drug-likeness (QED) is 0.0341. The Morgan fingerprint density at radius 3 is 0.785 bits per heavy atom. The fourth-order valence-corrected chi connectivity index (χ4v) is 13.2. The predicted molar refractivity (Wildman–Crippen MR) is 347 cm³/mol. The van der Waals surface area contributed by atoms with Crippen molar-refractivity contribution in [2.24, 2.45) is 0 Å². The molecule has 2 aromatic rings. The van der Waals surface area contributed by atoms with Gasteiger partial charge in [0.2, 0.25) is 0 Å². The molecule has 2 rings (SSSR count). The molecule has 0 aromatic heterocycles. The summed E-state index contributed by atoms with van der Waals surface area (Å²) in [6.45, 7) is 32.3. The van der Waals surface area contributed by atoms with Crippen LogP contribution in [0.4, 0.5) is 0 Å². The molecule has 2 aromatic carbocycles. The molecular weight excluding hydrogens is 1050 g/mol. The van der Waals surface area contributed by atoms with Gasteiger partial charge in [-0.15, -0.1) is 0 Å². The Kier molecular flexibility index (Phi) is 42.2. The molecule has 460 valence electrons. The molecule has 0 aliphatic heterocycles. The van der Waals surface area contributed by atoms with E-state index < -0.39 is 15.2 Å². The van der Waals surface area contributed by atoms with Crippen molar-refractivity contribution >= 4 is 52.9 Å². The van der Waals surface area contributed by atoms with Gasteiger partial charge in [0, 0.05) is 0 Å².